The number of hydrogen-bond donors (Lipinski definition) is 0. The Morgan fingerprint density at radius 3 is 1.88 bits per heavy atom. The Bertz CT molecular complexity index is 3100. The highest BCUT2D eigenvalue weighted by Crippen LogP contribution is 2.41. The minimum Gasteiger partial charge on any atom is -0.456 e. The molecule has 11 rings (SSSR count). The van der Waals surface area contributed by atoms with Crippen molar-refractivity contribution in [1.29, 1.82) is 0 Å². The fraction of sp³-hybridized carbons (Fsp3) is 0. The Kier molecular flexibility index (Phi) is 6.05. The summed E-state index contributed by atoms with van der Waals surface area (Å²) in [6, 6.07) is 55.0. The van der Waals surface area contributed by atoms with E-state index >= 15 is 0 Å². The standard InChI is InChI=1S/C45H26N4OS/c1-2-11-27(12-3-1)43-46-44(48-45(47-43)49-36-17-7-4-13-31(36)32-14-5-8-18-37(32)49)29-21-23-38-35(26-29)42-30(16-10-19-39(42)50-38)28-22-24-41-34(25-28)33-15-6-9-20-40(33)51-41/h1-26H. The van der Waals surface area contributed by atoms with Crippen LogP contribution in [0.4, 0.5) is 0 Å². The Morgan fingerprint density at radius 2 is 1.08 bits per heavy atom. The number of fused-ring (bicyclic) bond motifs is 9. The van der Waals surface area contributed by atoms with Crippen molar-refractivity contribution in [2.45, 2.75) is 0 Å². The highest BCUT2D eigenvalue weighted by atomic mass is 32.1. The Morgan fingerprint density at radius 1 is 0.431 bits per heavy atom. The van der Waals surface area contributed by atoms with E-state index in [0.717, 1.165) is 66.0 Å². The van der Waals surface area contributed by atoms with Crippen molar-refractivity contribution in [1.82, 2.24) is 19.5 Å². The van der Waals surface area contributed by atoms with Crippen LogP contribution in [0, 0.1) is 0 Å². The summed E-state index contributed by atoms with van der Waals surface area (Å²) in [6.45, 7) is 0. The topological polar surface area (TPSA) is 56.7 Å². The second kappa shape index (κ2) is 10.9. The van der Waals surface area contributed by atoms with Crippen LogP contribution in [0.5, 0.6) is 0 Å². The Balaban J connectivity index is 1.14. The van der Waals surface area contributed by atoms with E-state index in [-0.39, 0.29) is 0 Å². The molecule has 7 aromatic carbocycles. The van der Waals surface area contributed by atoms with Crippen LogP contribution in [0.25, 0.3) is 104 Å². The van der Waals surface area contributed by atoms with Crippen LogP contribution < -0.4 is 0 Å². The van der Waals surface area contributed by atoms with Gasteiger partial charge in [-0.1, -0.05) is 103 Å². The van der Waals surface area contributed by atoms with Crippen molar-refractivity contribution in [2.24, 2.45) is 0 Å². The van der Waals surface area contributed by atoms with Crippen LogP contribution in [-0.4, -0.2) is 19.5 Å². The number of hydrogen-bond acceptors (Lipinski definition) is 5. The van der Waals surface area contributed by atoms with Crippen molar-refractivity contribution < 1.29 is 4.42 Å². The van der Waals surface area contributed by atoms with Crippen LogP contribution in [0.15, 0.2) is 162 Å². The summed E-state index contributed by atoms with van der Waals surface area (Å²) in [5, 5.41) is 6.97. The summed E-state index contributed by atoms with van der Waals surface area (Å²) in [4.78, 5) is 15.4. The van der Waals surface area contributed by atoms with E-state index in [1.807, 2.05) is 59.9 Å². The molecule has 0 N–H and O–H groups in total. The SMILES string of the molecule is c1ccc(-c2nc(-c3ccc4oc5cccc(-c6ccc7sc8ccccc8c7c6)c5c4c3)nc(-n3c4ccccc4c4ccccc43)n2)cc1. The smallest absolute Gasteiger partial charge is 0.238 e. The molecule has 0 fully saturated rings. The summed E-state index contributed by atoms with van der Waals surface area (Å²) in [6.07, 6.45) is 0. The van der Waals surface area contributed by atoms with E-state index in [2.05, 4.69) is 114 Å². The molecule has 0 aliphatic carbocycles. The molecule has 0 bridgehead atoms. The molecule has 0 amide bonds. The molecule has 0 spiro atoms. The molecule has 51 heavy (non-hydrogen) atoms. The first kappa shape index (κ1) is 28.2. The van der Waals surface area contributed by atoms with Crippen molar-refractivity contribution in [3.8, 4) is 39.9 Å². The summed E-state index contributed by atoms with van der Waals surface area (Å²) < 4.78 is 11.2. The number of para-hydroxylation sites is 2. The molecule has 0 aliphatic rings. The highest BCUT2D eigenvalue weighted by molar-refractivity contribution is 7.25. The maximum atomic E-state index is 6.47. The molecule has 11 aromatic rings. The fourth-order valence-electron chi connectivity index (χ4n) is 7.55. The first-order valence-electron chi connectivity index (χ1n) is 16.9. The quantitative estimate of drug-likeness (QED) is 0.187. The van der Waals surface area contributed by atoms with Crippen molar-refractivity contribution in [3.63, 3.8) is 0 Å². The van der Waals surface area contributed by atoms with Crippen molar-refractivity contribution in [2.75, 3.05) is 0 Å². The van der Waals surface area contributed by atoms with Gasteiger partial charge >= 0.3 is 0 Å². The lowest BCUT2D eigenvalue weighted by molar-refractivity contribution is 0.669. The van der Waals surface area contributed by atoms with E-state index in [1.165, 1.54) is 20.2 Å². The lowest BCUT2D eigenvalue weighted by atomic mass is 9.97. The van der Waals surface area contributed by atoms with Gasteiger partial charge in [0.1, 0.15) is 11.2 Å². The van der Waals surface area contributed by atoms with Gasteiger partial charge in [-0.25, -0.2) is 4.98 Å². The summed E-state index contributed by atoms with van der Waals surface area (Å²) in [7, 11) is 0. The van der Waals surface area contributed by atoms with Gasteiger partial charge in [0.15, 0.2) is 11.6 Å². The molecule has 4 heterocycles. The van der Waals surface area contributed by atoms with Gasteiger partial charge in [-0.2, -0.15) is 9.97 Å². The van der Waals surface area contributed by atoms with Gasteiger partial charge in [-0.05, 0) is 65.7 Å². The largest absolute Gasteiger partial charge is 0.456 e. The summed E-state index contributed by atoms with van der Waals surface area (Å²) in [5.41, 5.74) is 7.87. The first-order valence-corrected chi connectivity index (χ1v) is 17.8. The van der Waals surface area contributed by atoms with Crippen LogP contribution in [-0.2, 0) is 0 Å². The molecule has 6 heteroatoms. The maximum Gasteiger partial charge on any atom is 0.238 e. The summed E-state index contributed by atoms with van der Waals surface area (Å²) in [5.74, 6) is 1.79. The minimum absolute atomic E-state index is 0.574. The average Bonchev–Trinajstić information content (AvgIpc) is 3.87. The second-order valence-corrected chi connectivity index (χ2v) is 13.9. The van der Waals surface area contributed by atoms with E-state index in [9.17, 15) is 0 Å². The molecular weight excluding hydrogens is 645 g/mol. The van der Waals surface area contributed by atoms with Crippen molar-refractivity contribution >= 4 is 75.3 Å². The van der Waals surface area contributed by atoms with Gasteiger partial charge in [0.25, 0.3) is 0 Å². The summed E-state index contributed by atoms with van der Waals surface area (Å²) >= 11 is 1.83. The molecule has 0 saturated heterocycles. The Labute approximate surface area is 295 Å². The first-order chi connectivity index (χ1) is 25.3. The normalized spacial score (nSPS) is 11.9. The number of furan rings is 1. The molecular formula is C45H26N4OS. The van der Waals surface area contributed by atoms with Gasteiger partial charge < -0.3 is 4.42 Å². The van der Waals surface area contributed by atoms with E-state index in [1.54, 1.807) is 0 Å². The van der Waals surface area contributed by atoms with Crippen LogP contribution in [0.3, 0.4) is 0 Å². The number of rotatable bonds is 4. The molecule has 238 valence electrons. The van der Waals surface area contributed by atoms with E-state index < -0.39 is 0 Å². The van der Waals surface area contributed by atoms with E-state index in [4.69, 9.17) is 19.4 Å². The predicted octanol–water partition coefficient (Wildman–Crippen LogP) is 12.2. The number of aromatic nitrogens is 4. The van der Waals surface area contributed by atoms with Crippen LogP contribution in [0.1, 0.15) is 0 Å². The number of benzene rings is 7. The van der Waals surface area contributed by atoms with Crippen LogP contribution in [0.2, 0.25) is 0 Å². The van der Waals surface area contributed by atoms with Gasteiger partial charge in [-0.3, -0.25) is 4.57 Å². The zero-order valence-electron chi connectivity index (χ0n) is 27.1. The fourth-order valence-corrected chi connectivity index (χ4v) is 8.63. The molecule has 4 aromatic heterocycles. The predicted molar refractivity (Wildman–Crippen MR) is 211 cm³/mol. The third-order valence-corrected chi connectivity index (χ3v) is 11.0. The zero-order valence-corrected chi connectivity index (χ0v) is 27.9. The van der Waals surface area contributed by atoms with Gasteiger partial charge in [0.2, 0.25) is 5.95 Å². The van der Waals surface area contributed by atoms with E-state index in [0.29, 0.717) is 17.6 Å². The monoisotopic (exact) mass is 670 g/mol. The second-order valence-electron chi connectivity index (χ2n) is 12.8. The molecule has 0 atom stereocenters. The average molecular weight is 671 g/mol. The molecule has 0 aliphatic heterocycles. The van der Waals surface area contributed by atoms with Crippen LogP contribution >= 0.6 is 11.3 Å². The number of nitrogens with zero attached hydrogens (tertiary/aromatic N) is 4. The molecule has 0 radical (unpaired) electrons. The highest BCUT2D eigenvalue weighted by Gasteiger charge is 2.19. The zero-order chi connectivity index (χ0) is 33.5. The molecule has 0 unspecified atom stereocenters. The lowest BCUT2D eigenvalue weighted by Crippen LogP contribution is -2.06. The number of thiophene rings is 1. The maximum absolute atomic E-state index is 6.47. The van der Waals surface area contributed by atoms with Gasteiger partial charge in [0, 0.05) is 52.8 Å². The lowest BCUT2D eigenvalue weighted by Gasteiger charge is -2.11. The van der Waals surface area contributed by atoms with Gasteiger partial charge in [0.05, 0.1) is 11.0 Å². The third-order valence-electron chi connectivity index (χ3n) is 9.88. The minimum atomic E-state index is 0.574. The third kappa shape index (κ3) is 4.37. The van der Waals surface area contributed by atoms with Crippen molar-refractivity contribution in [3.05, 3.63) is 158 Å². The Hall–Kier alpha value is -6.63. The molecule has 0 saturated carbocycles. The van der Waals surface area contributed by atoms with Gasteiger partial charge in [-0.15, -0.1) is 11.3 Å². The molecule has 5 nitrogen and oxygen atoms in total.